The smallest absolute Gasteiger partial charge is 0.00262 e. The van der Waals surface area contributed by atoms with E-state index in [1.807, 2.05) is 0 Å². The van der Waals surface area contributed by atoms with Gasteiger partial charge in [0.2, 0.25) is 0 Å². The van der Waals surface area contributed by atoms with Gasteiger partial charge < -0.3 is 0 Å². The van der Waals surface area contributed by atoms with Crippen molar-refractivity contribution >= 4 is 32.7 Å². The van der Waals surface area contributed by atoms with Crippen LogP contribution < -0.4 is 0 Å². The van der Waals surface area contributed by atoms with Crippen molar-refractivity contribution in [3.8, 4) is 33.4 Å². The Labute approximate surface area is 305 Å². The van der Waals surface area contributed by atoms with Crippen LogP contribution in [0, 0.1) is 0 Å². The molecule has 0 atom stereocenters. The molecule has 0 nitrogen and oxygen atoms in total. The van der Waals surface area contributed by atoms with E-state index in [9.17, 15) is 0 Å². The summed E-state index contributed by atoms with van der Waals surface area (Å²) in [7, 11) is 0. The van der Waals surface area contributed by atoms with Gasteiger partial charge in [0.05, 0.1) is 0 Å². The fourth-order valence-corrected chi connectivity index (χ4v) is 7.79. The Hall–Kier alpha value is -6.76. The predicted octanol–water partition coefficient (Wildman–Crippen LogP) is 14.0. The van der Waals surface area contributed by atoms with E-state index in [-0.39, 0.29) is 0 Å². The van der Waals surface area contributed by atoms with Gasteiger partial charge in [0.25, 0.3) is 0 Å². The van der Waals surface area contributed by atoms with Crippen LogP contribution in [0.5, 0.6) is 0 Å². The molecule has 52 heavy (non-hydrogen) atoms. The average molecular weight is 661 g/mol. The predicted molar refractivity (Wildman–Crippen MR) is 222 cm³/mol. The van der Waals surface area contributed by atoms with Gasteiger partial charge in [-0.2, -0.15) is 0 Å². The second-order valence-electron chi connectivity index (χ2n) is 13.2. The van der Waals surface area contributed by atoms with Crippen molar-refractivity contribution in [2.75, 3.05) is 0 Å². The highest BCUT2D eigenvalue weighted by molar-refractivity contribution is 6.21. The molecule has 244 valence electrons. The summed E-state index contributed by atoms with van der Waals surface area (Å²) in [5.41, 5.74) is 14.6. The lowest BCUT2D eigenvalue weighted by molar-refractivity contribution is 1.50. The van der Waals surface area contributed by atoms with Crippen LogP contribution in [-0.4, -0.2) is 0 Å². The molecule has 9 rings (SSSR count). The molecule has 0 heteroatoms. The van der Waals surface area contributed by atoms with Crippen molar-refractivity contribution in [2.24, 2.45) is 0 Å². The van der Waals surface area contributed by atoms with Crippen LogP contribution in [0.1, 0.15) is 22.3 Å². The van der Waals surface area contributed by atoms with Crippen LogP contribution >= 0.6 is 0 Å². The van der Waals surface area contributed by atoms with Gasteiger partial charge in [0, 0.05) is 0 Å². The van der Waals surface area contributed by atoms with Crippen molar-refractivity contribution < 1.29 is 0 Å². The van der Waals surface area contributed by atoms with Crippen LogP contribution in [-0.2, 0) is 0 Å². The molecule has 0 aliphatic rings. The summed E-state index contributed by atoms with van der Waals surface area (Å²) in [5, 5.41) is 5.05. The van der Waals surface area contributed by atoms with E-state index in [4.69, 9.17) is 0 Å². The van der Waals surface area contributed by atoms with Gasteiger partial charge in [-0.05, 0) is 100 Å². The van der Waals surface area contributed by atoms with Crippen molar-refractivity contribution in [1.29, 1.82) is 0 Å². The third-order valence-corrected chi connectivity index (χ3v) is 10.1. The summed E-state index contributed by atoms with van der Waals surface area (Å²) in [6.07, 6.45) is 0. The van der Waals surface area contributed by atoms with Gasteiger partial charge in [-0.1, -0.05) is 206 Å². The third-order valence-electron chi connectivity index (χ3n) is 10.1. The first-order valence-electron chi connectivity index (χ1n) is 17.9. The highest BCUT2D eigenvalue weighted by Gasteiger charge is 2.19. The molecule has 0 aliphatic heterocycles. The average Bonchev–Trinajstić information content (AvgIpc) is 3.23. The van der Waals surface area contributed by atoms with Gasteiger partial charge in [-0.25, -0.2) is 0 Å². The van der Waals surface area contributed by atoms with E-state index in [0.717, 1.165) is 0 Å². The molecule has 0 amide bonds. The van der Waals surface area contributed by atoms with Gasteiger partial charge in [0.1, 0.15) is 0 Å². The first-order valence-corrected chi connectivity index (χ1v) is 17.9. The summed E-state index contributed by atoms with van der Waals surface area (Å²) in [6, 6.07) is 79.1. The van der Waals surface area contributed by atoms with Crippen LogP contribution in [0.3, 0.4) is 0 Å². The molecule has 0 fully saturated rings. The van der Waals surface area contributed by atoms with E-state index >= 15 is 0 Å². The molecular weight excluding hydrogens is 625 g/mol. The van der Waals surface area contributed by atoms with Crippen LogP contribution in [0.15, 0.2) is 218 Å². The van der Waals surface area contributed by atoms with Crippen LogP contribution in [0.25, 0.3) is 66.1 Å². The van der Waals surface area contributed by atoms with Crippen molar-refractivity contribution in [3.63, 3.8) is 0 Å². The van der Waals surface area contributed by atoms with Crippen molar-refractivity contribution in [3.05, 3.63) is 241 Å². The maximum absolute atomic E-state index is 2.37. The fraction of sp³-hybridized carbons (Fsp3) is 0. The Morgan fingerprint density at radius 1 is 0.212 bits per heavy atom. The quantitative estimate of drug-likeness (QED) is 0.118. The summed E-state index contributed by atoms with van der Waals surface area (Å²) >= 11 is 0. The lowest BCUT2D eigenvalue weighted by Crippen LogP contribution is -1.97. The molecule has 0 aliphatic carbocycles. The summed E-state index contributed by atoms with van der Waals surface area (Å²) in [5.74, 6) is 0. The number of rotatable bonds is 7. The summed E-state index contributed by atoms with van der Waals surface area (Å²) < 4.78 is 0. The molecule has 9 aromatic rings. The minimum Gasteiger partial charge on any atom is -0.0622 e. The Morgan fingerprint density at radius 3 is 1.00 bits per heavy atom. The van der Waals surface area contributed by atoms with Gasteiger partial charge in [-0.15, -0.1) is 0 Å². The zero-order valence-electron chi connectivity index (χ0n) is 28.8. The third kappa shape index (κ3) is 5.81. The molecular formula is C52H36. The van der Waals surface area contributed by atoms with Crippen molar-refractivity contribution in [1.82, 2.24) is 0 Å². The molecule has 0 N–H and O–H groups in total. The Kier molecular flexibility index (Phi) is 8.33. The molecule has 0 unspecified atom stereocenters. The van der Waals surface area contributed by atoms with E-state index in [0.29, 0.717) is 0 Å². The van der Waals surface area contributed by atoms with Gasteiger partial charge in [0.15, 0.2) is 0 Å². The summed E-state index contributed by atoms with van der Waals surface area (Å²) in [6.45, 7) is 0. The second-order valence-corrected chi connectivity index (χ2v) is 13.2. The standard InChI is InChI=1S/C52H36/c1-5-19-37(20-6-1)49(38-21-7-2-8-22-38)50(39-23-9-3-10-24-39)43-29-17-27-41(35-43)42-28-18-30-44(36-42)52-47-33-15-13-31-45(47)51(40-25-11-4-12-26-40)46-32-14-16-34-48(46)52/h1-36H. The Morgan fingerprint density at radius 2 is 0.519 bits per heavy atom. The first kappa shape index (κ1) is 31.2. The Bertz CT molecular complexity index is 2590. The SMILES string of the molecule is c1ccc(C(=C(c2ccccc2)c2cccc(-c3cccc(-c4c5ccccc5c(-c5ccccc5)c5ccccc45)c3)c2)c2ccccc2)cc1. The number of hydrogen-bond acceptors (Lipinski definition) is 0. The fourth-order valence-electron chi connectivity index (χ4n) is 7.79. The minimum atomic E-state index is 1.18. The number of fused-ring (bicyclic) bond motifs is 2. The molecule has 0 spiro atoms. The van der Waals surface area contributed by atoms with Crippen molar-refractivity contribution in [2.45, 2.75) is 0 Å². The van der Waals surface area contributed by atoms with Gasteiger partial charge >= 0.3 is 0 Å². The summed E-state index contributed by atoms with van der Waals surface area (Å²) in [4.78, 5) is 0. The first-order chi connectivity index (χ1) is 25.8. The maximum atomic E-state index is 2.37. The topological polar surface area (TPSA) is 0 Å². The minimum absolute atomic E-state index is 1.18. The molecule has 0 saturated heterocycles. The van der Waals surface area contributed by atoms with E-state index in [1.165, 1.54) is 88.3 Å². The number of hydrogen-bond donors (Lipinski definition) is 0. The molecule has 9 aromatic carbocycles. The van der Waals surface area contributed by atoms with E-state index < -0.39 is 0 Å². The maximum Gasteiger partial charge on any atom is -0.00262 e. The second kappa shape index (κ2) is 13.9. The molecule has 0 bridgehead atoms. The molecule has 0 radical (unpaired) electrons. The highest BCUT2D eigenvalue weighted by Crippen LogP contribution is 2.44. The van der Waals surface area contributed by atoms with E-state index in [2.05, 4.69) is 218 Å². The van der Waals surface area contributed by atoms with Gasteiger partial charge in [-0.3, -0.25) is 0 Å². The van der Waals surface area contributed by atoms with Crippen LogP contribution in [0.4, 0.5) is 0 Å². The number of benzene rings is 9. The van der Waals surface area contributed by atoms with Crippen LogP contribution in [0.2, 0.25) is 0 Å². The zero-order chi connectivity index (χ0) is 34.7. The molecule has 0 saturated carbocycles. The van der Waals surface area contributed by atoms with E-state index in [1.54, 1.807) is 0 Å². The lowest BCUT2D eigenvalue weighted by Gasteiger charge is -2.19. The lowest BCUT2D eigenvalue weighted by atomic mass is 9.84. The normalized spacial score (nSPS) is 11.1. The largest absolute Gasteiger partial charge is 0.0622 e. The Balaban J connectivity index is 1.25. The highest BCUT2D eigenvalue weighted by atomic mass is 14.2. The monoisotopic (exact) mass is 660 g/mol. The molecule has 0 heterocycles. The zero-order valence-corrected chi connectivity index (χ0v) is 28.8. The molecule has 0 aromatic heterocycles.